The largest absolute Gasteiger partial charge is 0.327 e. The number of aryl methyl sites for hydroxylation is 1. The van der Waals surface area contributed by atoms with Crippen LogP contribution in [-0.4, -0.2) is 30.0 Å². The maximum Gasteiger partial charge on any atom is 0.256 e. The average Bonchev–Trinajstić information content (AvgIpc) is 3.37. The first-order valence-corrected chi connectivity index (χ1v) is 11.6. The molecule has 4 aromatic rings. The lowest BCUT2D eigenvalue weighted by atomic mass is 9.98. The van der Waals surface area contributed by atoms with Gasteiger partial charge in [0.25, 0.3) is 5.91 Å². The molecule has 4 heterocycles. The monoisotopic (exact) mass is 438 g/mol. The van der Waals surface area contributed by atoms with Crippen LogP contribution in [0.5, 0.6) is 0 Å². The number of imidazole rings is 2. The number of nitrogens with one attached hydrogen (secondary N) is 1. The highest BCUT2D eigenvalue weighted by Crippen LogP contribution is 2.42. The van der Waals surface area contributed by atoms with Crippen molar-refractivity contribution in [2.75, 3.05) is 5.32 Å². The van der Waals surface area contributed by atoms with E-state index in [1.54, 1.807) is 12.3 Å². The summed E-state index contributed by atoms with van der Waals surface area (Å²) in [6.07, 6.45) is 10.1. The highest BCUT2D eigenvalue weighted by Gasteiger charge is 2.31. The van der Waals surface area contributed by atoms with Gasteiger partial charge >= 0.3 is 0 Å². The number of fused-ring (bicyclic) bond motifs is 3. The lowest BCUT2D eigenvalue weighted by Crippen LogP contribution is -2.17. The zero-order chi connectivity index (χ0) is 22.5. The summed E-state index contributed by atoms with van der Waals surface area (Å²) in [7, 11) is 0. The van der Waals surface area contributed by atoms with E-state index in [-0.39, 0.29) is 11.9 Å². The molecule has 0 radical (unpaired) electrons. The van der Waals surface area contributed by atoms with Crippen molar-refractivity contribution in [1.29, 1.82) is 0 Å². The number of anilines is 1. The highest BCUT2D eigenvalue weighted by atomic mass is 16.1. The SMILES string of the molecule is CC(C)n1ccnc1-c1cccc(NC(=O)c2ccc3c(c2)-n2cnc(C4CC4)c2CC3)n1. The van der Waals surface area contributed by atoms with Crippen molar-refractivity contribution in [2.24, 2.45) is 0 Å². The summed E-state index contributed by atoms with van der Waals surface area (Å²) in [5.41, 5.74) is 6.20. The molecular formula is C26H26N6O. The van der Waals surface area contributed by atoms with Gasteiger partial charge < -0.3 is 14.5 Å². The van der Waals surface area contributed by atoms with Crippen LogP contribution < -0.4 is 5.32 Å². The quantitative estimate of drug-likeness (QED) is 0.479. The van der Waals surface area contributed by atoms with E-state index in [2.05, 4.69) is 44.3 Å². The van der Waals surface area contributed by atoms with Gasteiger partial charge in [0.15, 0.2) is 5.82 Å². The van der Waals surface area contributed by atoms with E-state index < -0.39 is 0 Å². The van der Waals surface area contributed by atoms with Gasteiger partial charge in [0.2, 0.25) is 0 Å². The third-order valence-corrected chi connectivity index (χ3v) is 6.55. The molecule has 7 heteroatoms. The van der Waals surface area contributed by atoms with Gasteiger partial charge in [0, 0.05) is 35.6 Å². The predicted octanol–water partition coefficient (Wildman–Crippen LogP) is 4.94. The van der Waals surface area contributed by atoms with Crippen molar-refractivity contribution in [2.45, 2.75) is 51.5 Å². The number of hydrogen-bond acceptors (Lipinski definition) is 4. The Morgan fingerprint density at radius 3 is 2.82 bits per heavy atom. The molecule has 1 aliphatic carbocycles. The van der Waals surface area contributed by atoms with Gasteiger partial charge in [-0.25, -0.2) is 15.0 Å². The zero-order valence-corrected chi connectivity index (χ0v) is 18.8. The molecule has 7 nitrogen and oxygen atoms in total. The van der Waals surface area contributed by atoms with Crippen LogP contribution in [0, 0.1) is 0 Å². The Labute approximate surface area is 192 Å². The summed E-state index contributed by atoms with van der Waals surface area (Å²) < 4.78 is 4.24. The van der Waals surface area contributed by atoms with Crippen LogP contribution in [0.15, 0.2) is 55.1 Å². The molecule has 0 spiro atoms. The minimum atomic E-state index is -0.177. The Kier molecular flexibility index (Phi) is 4.64. The molecule has 1 saturated carbocycles. The van der Waals surface area contributed by atoms with E-state index in [4.69, 9.17) is 4.98 Å². The van der Waals surface area contributed by atoms with E-state index in [0.29, 0.717) is 17.3 Å². The fraction of sp³-hybridized carbons (Fsp3) is 0.308. The summed E-state index contributed by atoms with van der Waals surface area (Å²) in [4.78, 5) is 26.9. The van der Waals surface area contributed by atoms with E-state index in [1.807, 2.05) is 36.8 Å². The molecule has 0 atom stereocenters. The van der Waals surface area contributed by atoms with Gasteiger partial charge in [-0.15, -0.1) is 0 Å². The van der Waals surface area contributed by atoms with Crippen LogP contribution >= 0.6 is 0 Å². The van der Waals surface area contributed by atoms with Crippen molar-refractivity contribution < 1.29 is 4.79 Å². The van der Waals surface area contributed by atoms with Crippen LogP contribution in [0.25, 0.3) is 17.2 Å². The second-order valence-corrected chi connectivity index (χ2v) is 9.18. The maximum absolute atomic E-state index is 13.1. The lowest BCUT2D eigenvalue weighted by Gasteiger charge is -2.20. The van der Waals surface area contributed by atoms with Crippen molar-refractivity contribution in [3.05, 3.63) is 77.6 Å². The average molecular weight is 439 g/mol. The summed E-state index contributed by atoms with van der Waals surface area (Å²) in [6.45, 7) is 4.21. The molecule has 1 aromatic carbocycles. The van der Waals surface area contributed by atoms with Gasteiger partial charge in [-0.1, -0.05) is 12.1 Å². The van der Waals surface area contributed by atoms with Crippen LogP contribution in [0.4, 0.5) is 5.82 Å². The second-order valence-electron chi connectivity index (χ2n) is 9.18. The Morgan fingerprint density at radius 1 is 1.12 bits per heavy atom. The number of pyridine rings is 1. The van der Waals surface area contributed by atoms with Gasteiger partial charge in [-0.2, -0.15) is 0 Å². The highest BCUT2D eigenvalue weighted by molar-refractivity contribution is 6.04. The minimum Gasteiger partial charge on any atom is -0.327 e. The van der Waals surface area contributed by atoms with Gasteiger partial charge in [-0.3, -0.25) is 4.79 Å². The molecule has 1 fully saturated rings. The number of nitrogens with zero attached hydrogens (tertiary/aromatic N) is 5. The first kappa shape index (κ1) is 19.9. The van der Waals surface area contributed by atoms with Crippen LogP contribution in [0.2, 0.25) is 0 Å². The number of hydrogen-bond donors (Lipinski definition) is 1. The number of benzene rings is 1. The topological polar surface area (TPSA) is 77.6 Å². The Morgan fingerprint density at radius 2 is 2.00 bits per heavy atom. The van der Waals surface area contributed by atoms with Crippen molar-refractivity contribution in [3.63, 3.8) is 0 Å². The Hall–Kier alpha value is -3.74. The second kappa shape index (κ2) is 7.69. The fourth-order valence-corrected chi connectivity index (χ4v) is 4.68. The van der Waals surface area contributed by atoms with E-state index in [9.17, 15) is 4.79 Å². The van der Waals surface area contributed by atoms with Crippen LogP contribution in [-0.2, 0) is 12.8 Å². The van der Waals surface area contributed by atoms with Crippen molar-refractivity contribution >= 4 is 11.7 Å². The molecule has 0 unspecified atom stereocenters. The Balaban J connectivity index is 1.27. The van der Waals surface area contributed by atoms with Gasteiger partial charge in [-0.05, 0) is 69.4 Å². The van der Waals surface area contributed by atoms with E-state index in [0.717, 1.165) is 30.0 Å². The standard InChI is InChI=1S/C26H26N6O/c1-16(2)31-13-12-27-25(31)20-4-3-5-23(29-20)30-26(33)19-9-6-17-10-11-21-24(18-7-8-18)28-15-32(21)22(17)14-19/h3-6,9,12-16,18H,7-8,10-11H2,1-2H3,(H,29,30,33). The molecule has 2 aliphatic rings. The molecule has 6 rings (SSSR count). The first-order valence-electron chi connectivity index (χ1n) is 11.6. The first-order chi connectivity index (χ1) is 16.1. The summed E-state index contributed by atoms with van der Waals surface area (Å²) in [5, 5.41) is 2.96. The predicted molar refractivity (Wildman–Crippen MR) is 127 cm³/mol. The Bertz CT molecular complexity index is 1360. The molecule has 3 aromatic heterocycles. The summed E-state index contributed by atoms with van der Waals surface area (Å²) >= 11 is 0. The van der Waals surface area contributed by atoms with Crippen molar-refractivity contribution in [3.8, 4) is 17.2 Å². The number of amides is 1. The summed E-state index contributed by atoms with van der Waals surface area (Å²) in [6, 6.07) is 11.8. The fourth-order valence-electron chi connectivity index (χ4n) is 4.68. The van der Waals surface area contributed by atoms with E-state index >= 15 is 0 Å². The maximum atomic E-state index is 13.1. The minimum absolute atomic E-state index is 0.177. The number of rotatable bonds is 5. The van der Waals surface area contributed by atoms with Crippen molar-refractivity contribution in [1.82, 2.24) is 24.1 Å². The van der Waals surface area contributed by atoms with Crippen LogP contribution in [0.1, 0.15) is 66.0 Å². The molecule has 0 saturated heterocycles. The third-order valence-electron chi connectivity index (χ3n) is 6.55. The summed E-state index contributed by atoms with van der Waals surface area (Å²) in [5.74, 6) is 1.74. The lowest BCUT2D eigenvalue weighted by molar-refractivity contribution is 0.102. The van der Waals surface area contributed by atoms with Crippen LogP contribution in [0.3, 0.4) is 0 Å². The molecule has 166 valence electrons. The molecule has 0 bridgehead atoms. The number of carbonyl (C=O) groups is 1. The number of carbonyl (C=O) groups excluding carboxylic acids is 1. The molecular weight excluding hydrogens is 412 g/mol. The number of aromatic nitrogens is 5. The molecule has 33 heavy (non-hydrogen) atoms. The normalized spacial score (nSPS) is 14.8. The van der Waals surface area contributed by atoms with E-state index in [1.165, 1.54) is 29.8 Å². The van der Waals surface area contributed by atoms with Gasteiger partial charge in [0.1, 0.15) is 11.5 Å². The molecule has 1 amide bonds. The zero-order valence-electron chi connectivity index (χ0n) is 18.8. The third kappa shape index (κ3) is 3.53. The smallest absolute Gasteiger partial charge is 0.256 e. The van der Waals surface area contributed by atoms with Gasteiger partial charge in [0.05, 0.1) is 17.7 Å². The molecule has 1 N–H and O–H groups in total. The molecule has 1 aliphatic heterocycles.